The molecule has 1 aromatic carbocycles. The van der Waals surface area contributed by atoms with E-state index >= 15 is 0 Å². The number of ether oxygens (including phenoxy) is 1. The number of nitriles is 1. The van der Waals surface area contributed by atoms with E-state index in [-0.39, 0.29) is 5.57 Å². The molecule has 6 heteroatoms. The van der Waals surface area contributed by atoms with Gasteiger partial charge in [0.15, 0.2) is 0 Å². The first-order chi connectivity index (χ1) is 10.5. The second-order valence-electron chi connectivity index (χ2n) is 4.44. The van der Waals surface area contributed by atoms with Crippen molar-refractivity contribution in [2.75, 3.05) is 12.4 Å². The summed E-state index contributed by atoms with van der Waals surface area (Å²) < 4.78 is 5.20. The van der Waals surface area contributed by atoms with Crippen LogP contribution < -0.4 is 10.1 Å². The monoisotopic (exact) mass is 332 g/mol. The SMILES string of the molecule is COc1cc(Cl)c(C)cc1NC(=O)/C(C#N)=C/c1cccs1. The van der Waals surface area contributed by atoms with Gasteiger partial charge >= 0.3 is 0 Å². The van der Waals surface area contributed by atoms with Crippen LogP contribution in [0, 0.1) is 18.3 Å². The first kappa shape index (κ1) is 16.1. The van der Waals surface area contributed by atoms with Crippen LogP contribution in [0.15, 0.2) is 35.2 Å². The topological polar surface area (TPSA) is 62.1 Å². The predicted octanol–water partition coefficient (Wildman–Crippen LogP) is 4.26. The highest BCUT2D eigenvalue weighted by molar-refractivity contribution is 7.10. The number of carbonyl (C=O) groups is 1. The lowest BCUT2D eigenvalue weighted by molar-refractivity contribution is -0.112. The molecule has 0 saturated heterocycles. The largest absolute Gasteiger partial charge is 0.495 e. The Morgan fingerprint density at radius 1 is 1.50 bits per heavy atom. The van der Waals surface area contributed by atoms with Gasteiger partial charge in [0.2, 0.25) is 0 Å². The molecule has 1 N–H and O–H groups in total. The van der Waals surface area contributed by atoms with E-state index in [9.17, 15) is 10.1 Å². The first-order valence-electron chi connectivity index (χ1n) is 6.36. The molecule has 0 atom stereocenters. The summed E-state index contributed by atoms with van der Waals surface area (Å²) in [5.74, 6) is -0.0479. The normalized spacial score (nSPS) is 10.9. The van der Waals surface area contributed by atoms with Gasteiger partial charge in [-0.1, -0.05) is 17.7 Å². The summed E-state index contributed by atoms with van der Waals surface area (Å²) in [6.07, 6.45) is 1.55. The maximum atomic E-state index is 12.2. The molecular weight excluding hydrogens is 320 g/mol. The average molecular weight is 333 g/mol. The Bertz CT molecular complexity index is 761. The van der Waals surface area contributed by atoms with Gasteiger partial charge < -0.3 is 10.1 Å². The maximum Gasteiger partial charge on any atom is 0.266 e. The van der Waals surface area contributed by atoms with Crippen molar-refractivity contribution in [3.05, 3.63) is 50.7 Å². The third-order valence-electron chi connectivity index (χ3n) is 2.92. The van der Waals surface area contributed by atoms with Crippen molar-refractivity contribution in [1.29, 1.82) is 5.26 Å². The molecule has 1 aromatic heterocycles. The Hall–Kier alpha value is -2.29. The minimum absolute atomic E-state index is 0.0251. The minimum atomic E-state index is -0.490. The van der Waals surface area contributed by atoms with Crippen LogP contribution in [-0.4, -0.2) is 13.0 Å². The fraction of sp³-hybridized carbons (Fsp3) is 0.125. The fourth-order valence-corrected chi connectivity index (χ4v) is 2.59. The van der Waals surface area contributed by atoms with Crippen LogP contribution in [0.1, 0.15) is 10.4 Å². The Balaban J connectivity index is 2.28. The number of halogens is 1. The number of rotatable bonds is 4. The molecule has 22 heavy (non-hydrogen) atoms. The Morgan fingerprint density at radius 2 is 2.27 bits per heavy atom. The fourth-order valence-electron chi connectivity index (χ4n) is 1.78. The van der Waals surface area contributed by atoms with Gasteiger partial charge in [-0.3, -0.25) is 4.79 Å². The molecule has 0 fully saturated rings. The van der Waals surface area contributed by atoms with E-state index in [1.54, 1.807) is 18.2 Å². The van der Waals surface area contributed by atoms with E-state index < -0.39 is 5.91 Å². The summed E-state index contributed by atoms with van der Waals surface area (Å²) in [6.45, 7) is 1.82. The lowest BCUT2D eigenvalue weighted by Crippen LogP contribution is -2.14. The molecule has 2 rings (SSSR count). The number of carbonyl (C=O) groups excluding carboxylic acids is 1. The van der Waals surface area contributed by atoms with Gasteiger partial charge in [-0.25, -0.2) is 0 Å². The zero-order valence-electron chi connectivity index (χ0n) is 12.0. The number of nitrogens with one attached hydrogen (secondary N) is 1. The molecule has 112 valence electrons. The minimum Gasteiger partial charge on any atom is -0.495 e. The maximum absolute atomic E-state index is 12.2. The average Bonchev–Trinajstić information content (AvgIpc) is 3.01. The van der Waals surface area contributed by atoms with Crippen molar-refractivity contribution in [2.45, 2.75) is 6.92 Å². The molecule has 0 radical (unpaired) electrons. The number of aryl methyl sites for hydroxylation is 1. The quantitative estimate of drug-likeness (QED) is 0.672. The van der Waals surface area contributed by atoms with Crippen molar-refractivity contribution in [2.24, 2.45) is 0 Å². The van der Waals surface area contributed by atoms with Crippen molar-refractivity contribution in [1.82, 2.24) is 0 Å². The van der Waals surface area contributed by atoms with Crippen molar-refractivity contribution < 1.29 is 9.53 Å². The van der Waals surface area contributed by atoms with Crippen LogP contribution in [0.5, 0.6) is 5.75 Å². The summed E-state index contributed by atoms with van der Waals surface area (Å²) >= 11 is 7.48. The Kier molecular flexibility index (Phi) is 5.21. The van der Waals surface area contributed by atoms with Gasteiger partial charge in [-0.15, -0.1) is 11.3 Å². The number of anilines is 1. The molecule has 0 saturated carbocycles. The summed E-state index contributed by atoms with van der Waals surface area (Å²) in [6, 6.07) is 8.94. The van der Waals surface area contributed by atoms with E-state index in [2.05, 4.69) is 5.32 Å². The van der Waals surface area contributed by atoms with Gasteiger partial charge in [0.25, 0.3) is 5.91 Å². The number of nitrogens with zero attached hydrogens (tertiary/aromatic N) is 1. The standard InChI is InChI=1S/C16H13ClN2O2S/c1-10-6-14(15(21-2)8-13(10)17)19-16(20)11(9-18)7-12-4-3-5-22-12/h3-8H,1-2H3,(H,19,20)/b11-7+. The van der Waals surface area contributed by atoms with Crippen molar-refractivity contribution in [3.63, 3.8) is 0 Å². The summed E-state index contributed by atoms with van der Waals surface area (Å²) in [5.41, 5.74) is 1.30. The third kappa shape index (κ3) is 3.67. The Morgan fingerprint density at radius 3 is 2.86 bits per heavy atom. The number of benzene rings is 1. The second-order valence-corrected chi connectivity index (χ2v) is 5.83. The van der Waals surface area contributed by atoms with Crippen molar-refractivity contribution >= 4 is 40.6 Å². The molecule has 0 aliphatic carbocycles. The van der Waals surface area contributed by atoms with Crippen LogP contribution in [-0.2, 0) is 4.79 Å². The molecule has 1 amide bonds. The van der Waals surface area contributed by atoms with Gasteiger partial charge in [0.1, 0.15) is 17.4 Å². The van der Waals surface area contributed by atoms with Crippen LogP contribution in [0.3, 0.4) is 0 Å². The highest BCUT2D eigenvalue weighted by Crippen LogP contribution is 2.31. The lowest BCUT2D eigenvalue weighted by Gasteiger charge is -2.11. The van der Waals surface area contributed by atoms with Gasteiger partial charge in [0.05, 0.1) is 12.8 Å². The van der Waals surface area contributed by atoms with Crippen LogP contribution in [0.25, 0.3) is 6.08 Å². The smallest absolute Gasteiger partial charge is 0.266 e. The van der Waals surface area contributed by atoms with E-state index in [1.165, 1.54) is 18.4 Å². The molecule has 2 aromatic rings. The van der Waals surface area contributed by atoms with Crippen LogP contribution in [0.4, 0.5) is 5.69 Å². The summed E-state index contributed by atoms with van der Waals surface area (Å²) in [5, 5.41) is 14.3. The van der Waals surface area contributed by atoms with Gasteiger partial charge in [-0.2, -0.15) is 5.26 Å². The van der Waals surface area contributed by atoms with Crippen molar-refractivity contribution in [3.8, 4) is 11.8 Å². The second kappa shape index (κ2) is 7.12. The van der Waals surface area contributed by atoms with Crippen LogP contribution in [0.2, 0.25) is 5.02 Å². The molecular formula is C16H13ClN2O2S. The van der Waals surface area contributed by atoms with E-state index in [0.717, 1.165) is 10.4 Å². The molecule has 0 unspecified atom stereocenters. The molecule has 0 aliphatic rings. The molecule has 1 heterocycles. The van der Waals surface area contributed by atoms with E-state index in [1.807, 2.05) is 30.5 Å². The molecule has 0 spiro atoms. The highest BCUT2D eigenvalue weighted by Gasteiger charge is 2.14. The van der Waals surface area contributed by atoms with Crippen LogP contribution >= 0.6 is 22.9 Å². The summed E-state index contributed by atoms with van der Waals surface area (Å²) in [4.78, 5) is 13.1. The first-order valence-corrected chi connectivity index (χ1v) is 7.61. The number of hydrogen-bond donors (Lipinski definition) is 1. The zero-order valence-corrected chi connectivity index (χ0v) is 13.6. The zero-order chi connectivity index (χ0) is 16.1. The number of hydrogen-bond acceptors (Lipinski definition) is 4. The van der Waals surface area contributed by atoms with E-state index in [0.29, 0.717) is 16.5 Å². The Labute approximate surface area is 137 Å². The van der Waals surface area contributed by atoms with Gasteiger partial charge in [0, 0.05) is 16.0 Å². The van der Waals surface area contributed by atoms with Gasteiger partial charge in [-0.05, 0) is 36.1 Å². The highest BCUT2D eigenvalue weighted by atomic mass is 35.5. The molecule has 0 aliphatic heterocycles. The molecule has 0 bridgehead atoms. The number of methoxy groups -OCH3 is 1. The lowest BCUT2D eigenvalue weighted by atomic mass is 10.2. The number of amides is 1. The third-order valence-corrected chi connectivity index (χ3v) is 4.15. The molecule has 4 nitrogen and oxygen atoms in total. The number of thiophene rings is 1. The predicted molar refractivity (Wildman–Crippen MR) is 89.3 cm³/mol. The van der Waals surface area contributed by atoms with E-state index in [4.69, 9.17) is 16.3 Å². The summed E-state index contributed by atoms with van der Waals surface area (Å²) in [7, 11) is 1.49.